The Balaban J connectivity index is 2.30. The van der Waals surface area contributed by atoms with Crippen LogP contribution in [0.1, 0.15) is 0 Å². The topological polar surface area (TPSA) is 39.4 Å². The Hall–Kier alpha value is -2.81. The lowest BCUT2D eigenvalue weighted by Gasteiger charge is -2.10. The Morgan fingerprint density at radius 3 is 2.52 bits per heavy atom. The fourth-order valence-corrected chi connectivity index (χ4v) is 2.18. The first-order valence-electron chi connectivity index (χ1n) is 6.66. The van der Waals surface area contributed by atoms with E-state index in [2.05, 4.69) is 6.58 Å². The van der Waals surface area contributed by atoms with Crippen molar-refractivity contribution in [2.45, 2.75) is 0 Å². The van der Waals surface area contributed by atoms with Crippen molar-refractivity contribution >= 4 is 11.0 Å². The number of rotatable bonds is 4. The van der Waals surface area contributed by atoms with Gasteiger partial charge in [0.25, 0.3) is 0 Å². The standard InChI is InChI=1S/C18H14O3/c1-2-12-20-18-16(19)14-10-6-7-11-15(14)21-17(18)13-8-4-3-5-9-13/h2-11H,1,12H2. The lowest BCUT2D eigenvalue weighted by atomic mass is 10.1. The van der Waals surface area contributed by atoms with Crippen molar-refractivity contribution in [2.75, 3.05) is 6.61 Å². The molecule has 0 aliphatic rings. The maximum Gasteiger partial charge on any atom is 0.235 e. The lowest BCUT2D eigenvalue weighted by Crippen LogP contribution is -2.10. The van der Waals surface area contributed by atoms with Crippen LogP contribution < -0.4 is 10.2 Å². The zero-order valence-electron chi connectivity index (χ0n) is 11.4. The number of fused-ring (bicyclic) bond motifs is 1. The highest BCUT2D eigenvalue weighted by atomic mass is 16.5. The normalized spacial score (nSPS) is 10.5. The van der Waals surface area contributed by atoms with Gasteiger partial charge >= 0.3 is 0 Å². The molecule has 0 atom stereocenters. The Morgan fingerprint density at radius 2 is 1.76 bits per heavy atom. The number of hydrogen-bond donors (Lipinski definition) is 0. The van der Waals surface area contributed by atoms with E-state index in [0.29, 0.717) is 16.7 Å². The van der Waals surface area contributed by atoms with Crippen molar-refractivity contribution < 1.29 is 9.15 Å². The monoisotopic (exact) mass is 278 g/mol. The highest BCUT2D eigenvalue weighted by Crippen LogP contribution is 2.30. The van der Waals surface area contributed by atoms with Gasteiger partial charge in [0.15, 0.2) is 5.76 Å². The smallest absolute Gasteiger partial charge is 0.235 e. The van der Waals surface area contributed by atoms with Gasteiger partial charge in [0, 0.05) is 5.56 Å². The van der Waals surface area contributed by atoms with Crippen LogP contribution >= 0.6 is 0 Å². The maximum absolute atomic E-state index is 12.6. The molecule has 0 amide bonds. The van der Waals surface area contributed by atoms with Crippen LogP contribution in [0, 0.1) is 0 Å². The molecule has 0 saturated heterocycles. The zero-order valence-corrected chi connectivity index (χ0v) is 11.4. The summed E-state index contributed by atoms with van der Waals surface area (Å²) in [5, 5.41) is 0.510. The predicted octanol–water partition coefficient (Wildman–Crippen LogP) is 4.02. The second-order valence-corrected chi connectivity index (χ2v) is 4.55. The van der Waals surface area contributed by atoms with Crippen molar-refractivity contribution in [3.8, 4) is 17.1 Å². The summed E-state index contributed by atoms with van der Waals surface area (Å²) in [6.45, 7) is 3.87. The van der Waals surface area contributed by atoms with Crippen LogP contribution in [0.4, 0.5) is 0 Å². The molecule has 0 unspecified atom stereocenters. The number of benzene rings is 2. The maximum atomic E-state index is 12.6. The van der Waals surface area contributed by atoms with Gasteiger partial charge in [-0.1, -0.05) is 55.1 Å². The van der Waals surface area contributed by atoms with Crippen molar-refractivity contribution in [1.29, 1.82) is 0 Å². The van der Waals surface area contributed by atoms with Gasteiger partial charge in [-0.3, -0.25) is 4.79 Å². The van der Waals surface area contributed by atoms with Gasteiger partial charge in [-0.2, -0.15) is 0 Å². The molecule has 3 aromatic rings. The Bertz CT molecular complexity index is 832. The van der Waals surface area contributed by atoms with E-state index in [4.69, 9.17) is 9.15 Å². The number of ether oxygens (including phenoxy) is 1. The first-order chi connectivity index (χ1) is 10.3. The Labute approximate surface area is 122 Å². The molecule has 0 aliphatic heterocycles. The molecule has 2 aromatic carbocycles. The summed E-state index contributed by atoms with van der Waals surface area (Å²) < 4.78 is 11.5. The van der Waals surface area contributed by atoms with E-state index in [-0.39, 0.29) is 17.8 Å². The molecular weight excluding hydrogens is 264 g/mol. The van der Waals surface area contributed by atoms with E-state index < -0.39 is 0 Å². The highest BCUT2D eigenvalue weighted by molar-refractivity contribution is 5.81. The highest BCUT2D eigenvalue weighted by Gasteiger charge is 2.16. The molecular formula is C18H14O3. The minimum Gasteiger partial charge on any atom is -0.482 e. The van der Waals surface area contributed by atoms with E-state index >= 15 is 0 Å². The van der Waals surface area contributed by atoms with Crippen LogP contribution in [0.3, 0.4) is 0 Å². The van der Waals surface area contributed by atoms with Gasteiger partial charge in [0.05, 0.1) is 5.39 Å². The average molecular weight is 278 g/mol. The molecule has 3 nitrogen and oxygen atoms in total. The van der Waals surface area contributed by atoms with Gasteiger partial charge in [-0.15, -0.1) is 0 Å². The van der Waals surface area contributed by atoms with Gasteiger partial charge in [-0.25, -0.2) is 0 Å². The molecule has 0 spiro atoms. The van der Waals surface area contributed by atoms with Gasteiger partial charge in [-0.05, 0) is 12.1 Å². The third-order valence-corrected chi connectivity index (χ3v) is 3.14. The molecule has 21 heavy (non-hydrogen) atoms. The molecule has 1 aromatic heterocycles. The van der Waals surface area contributed by atoms with E-state index in [1.54, 1.807) is 24.3 Å². The Kier molecular flexibility index (Phi) is 3.56. The third-order valence-electron chi connectivity index (χ3n) is 3.14. The first kappa shape index (κ1) is 13.2. The fourth-order valence-electron chi connectivity index (χ4n) is 2.18. The van der Waals surface area contributed by atoms with E-state index in [9.17, 15) is 4.79 Å². The molecule has 0 saturated carbocycles. The van der Waals surface area contributed by atoms with Gasteiger partial charge in [0.2, 0.25) is 11.2 Å². The van der Waals surface area contributed by atoms with E-state index in [1.165, 1.54) is 0 Å². The second-order valence-electron chi connectivity index (χ2n) is 4.55. The van der Waals surface area contributed by atoms with Gasteiger partial charge in [0.1, 0.15) is 12.2 Å². The molecule has 104 valence electrons. The van der Waals surface area contributed by atoms with Crippen LogP contribution in [0.5, 0.6) is 5.75 Å². The SMILES string of the molecule is C=CCOc1c(-c2ccccc2)oc2ccccc2c1=O. The predicted molar refractivity (Wildman–Crippen MR) is 83.6 cm³/mol. The number of hydrogen-bond acceptors (Lipinski definition) is 3. The number of para-hydroxylation sites is 1. The lowest BCUT2D eigenvalue weighted by molar-refractivity contribution is 0.351. The molecule has 0 N–H and O–H groups in total. The summed E-state index contributed by atoms with van der Waals surface area (Å²) in [6.07, 6.45) is 1.60. The van der Waals surface area contributed by atoms with Crippen molar-refractivity contribution in [2.24, 2.45) is 0 Å². The van der Waals surface area contributed by atoms with Crippen molar-refractivity contribution in [3.05, 3.63) is 77.5 Å². The molecule has 0 radical (unpaired) electrons. The van der Waals surface area contributed by atoms with Crippen molar-refractivity contribution in [3.63, 3.8) is 0 Å². The summed E-state index contributed by atoms with van der Waals surface area (Å²) in [6, 6.07) is 16.6. The molecule has 3 heteroatoms. The Morgan fingerprint density at radius 1 is 1.05 bits per heavy atom. The van der Waals surface area contributed by atoms with Crippen LogP contribution in [-0.2, 0) is 0 Å². The largest absolute Gasteiger partial charge is 0.482 e. The van der Waals surface area contributed by atoms with E-state index in [1.807, 2.05) is 36.4 Å². The fraction of sp³-hybridized carbons (Fsp3) is 0.0556. The first-order valence-corrected chi connectivity index (χ1v) is 6.66. The molecule has 3 rings (SSSR count). The van der Waals surface area contributed by atoms with Gasteiger partial charge < -0.3 is 9.15 Å². The summed E-state index contributed by atoms with van der Waals surface area (Å²) in [5.41, 5.74) is 1.18. The molecule has 0 fully saturated rings. The quantitative estimate of drug-likeness (QED) is 0.676. The average Bonchev–Trinajstić information content (AvgIpc) is 2.55. The second kappa shape index (κ2) is 5.67. The minimum atomic E-state index is -0.169. The van der Waals surface area contributed by atoms with Crippen LogP contribution in [-0.4, -0.2) is 6.61 Å². The van der Waals surface area contributed by atoms with Crippen LogP contribution in [0.15, 0.2) is 76.5 Å². The molecule has 0 aliphatic carbocycles. The summed E-state index contributed by atoms with van der Waals surface area (Å²) in [7, 11) is 0. The van der Waals surface area contributed by atoms with Crippen LogP contribution in [0.25, 0.3) is 22.3 Å². The van der Waals surface area contributed by atoms with Crippen molar-refractivity contribution in [1.82, 2.24) is 0 Å². The minimum absolute atomic E-state index is 0.169. The molecule has 1 heterocycles. The zero-order chi connectivity index (χ0) is 14.7. The summed E-state index contributed by atoms with van der Waals surface area (Å²) >= 11 is 0. The summed E-state index contributed by atoms with van der Waals surface area (Å²) in [5.74, 6) is 0.668. The molecule has 0 bridgehead atoms. The summed E-state index contributed by atoms with van der Waals surface area (Å²) in [4.78, 5) is 12.6. The van der Waals surface area contributed by atoms with Crippen LogP contribution in [0.2, 0.25) is 0 Å². The van der Waals surface area contributed by atoms with E-state index in [0.717, 1.165) is 5.56 Å². The third kappa shape index (κ3) is 2.46.